The highest BCUT2D eigenvalue weighted by Gasteiger charge is 2.27. The third-order valence-electron chi connectivity index (χ3n) is 5.75. The molecule has 3 heterocycles. The van der Waals surface area contributed by atoms with Crippen LogP contribution in [0, 0.1) is 0 Å². The molecule has 0 aromatic rings. The third kappa shape index (κ3) is 5.40. The molecule has 3 aliphatic rings. The van der Waals surface area contributed by atoms with Gasteiger partial charge in [-0.25, -0.2) is 0 Å². The first kappa shape index (κ1) is 17.6. The number of nitrogens with zero attached hydrogens (tertiary/aromatic N) is 2. The predicted octanol–water partition coefficient (Wildman–Crippen LogP) is 1.76. The van der Waals surface area contributed by atoms with Gasteiger partial charge < -0.3 is 24.0 Å². The third-order valence-corrected chi connectivity index (χ3v) is 5.75. The minimum Gasteiger partial charge on any atom is -0.381 e. The zero-order chi connectivity index (χ0) is 15.9. The minimum absolute atomic E-state index is 0.350. The Balaban J connectivity index is 1.27. The highest BCUT2D eigenvalue weighted by Crippen LogP contribution is 2.22. The summed E-state index contributed by atoms with van der Waals surface area (Å²) in [6, 6.07) is 1.49. The van der Waals surface area contributed by atoms with Crippen LogP contribution >= 0.6 is 0 Å². The molecule has 1 atom stereocenters. The van der Waals surface area contributed by atoms with Gasteiger partial charge in [0.25, 0.3) is 0 Å². The molecular formula is C18H34N2O3. The number of ether oxygens (including phenoxy) is 3. The molecule has 3 saturated heterocycles. The van der Waals surface area contributed by atoms with Crippen molar-refractivity contribution >= 4 is 0 Å². The van der Waals surface area contributed by atoms with E-state index in [0.29, 0.717) is 6.10 Å². The zero-order valence-corrected chi connectivity index (χ0v) is 14.8. The van der Waals surface area contributed by atoms with Crippen molar-refractivity contribution in [2.45, 2.75) is 56.7 Å². The van der Waals surface area contributed by atoms with Crippen molar-refractivity contribution in [2.24, 2.45) is 0 Å². The van der Waals surface area contributed by atoms with Crippen LogP contribution in [0.4, 0.5) is 0 Å². The Morgan fingerprint density at radius 2 is 1.83 bits per heavy atom. The lowest BCUT2D eigenvalue weighted by Crippen LogP contribution is -2.49. The van der Waals surface area contributed by atoms with Crippen molar-refractivity contribution in [3.8, 4) is 0 Å². The molecule has 0 unspecified atom stereocenters. The van der Waals surface area contributed by atoms with Crippen molar-refractivity contribution < 1.29 is 14.2 Å². The Morgan fingerprint density at radius 3 is 2.52 bits per heavy atom. The molecule has 3 rings (SSSR count). The quantitative estimate of drug-likeness (QED) is 0.666. The summed E-state index contributed by atoms with van der Waals surface area (Å²) in [4.78, 5) is 5.19. The van der Waals surface area contributed by atoms with Gasteiger partial charge in [0.15, 0.2) is 0 Å². The van der Waals surface area contributed by atoms with Crippen LogP contribution in [0.15, 0.2) is 0 Å². The smallest absolute Gasteiger partial charge is 0.0809 e. The topological polar surface area (TPSA) is 34.2 Å². The van der Waals surface area contributed by atoms with E-state index in [2.05, 4.69) is 16.8 Å². The van der Waals surface area contributed by atoms with Crippen molar-refractivity contribution in [1.82, 2.24) is 9.80 Å². The molecule has 0 aromatic heterocycles. The van der Waals surface area contributed by atoms with E-state index < -0.39 is 0 Å². The molecule has 0 saturated carbocycles. The van der Waals surface area contributed by atoms with Crippen molar-refractivity contribution in [3.05, 3.63) is 0 Å². The maximum atomic E-state index is 5.80. The largest absolute Gasteiger partial charge is 0.381 e. The van der Waals surface area contributed by atoms with Crippen LogP contribution in [0.5, 0.6) is 0 Å². The van der Waals surface area contributed by atoms with Gasteiger partial charge in [-0.2, -0.15) is 0 Å². The highest BCUT2D eigenvalue weighted by atomic mass is 16.5. The average molecular weight is 326 g/mol. The zero-order valence-electron chi connectivity index (χ0n) is 14.8. The number of piperidine rings is 1. The van der Waals surface area contributed by atoms with Crippen LogP contribution in [0.3, 0.4) is 0 Å². The maximum absolute atomic E-state index is 5.80. The van der Waals surface area contributed by atoms with Gasteiger partial charge in [-0.1, -0.05) is 0 Å². The van der Waals surface area contributed by atoms with Crippen molar-refractivity contribution in [2.75, 3.05) is 59.7 Å². The second kappa shape index (κ2) is 9.33. The molecule has 0 spiro atoms. The molecule has 134 valence electrons. The Hall–Kier alpha value is -0.200. The summed E-state index contributed by atoms with van der Waals surface area (Å²) >= 11 is 0. The molecule has 0 aromatic carbocycles. The van der Waals surface area contributed by atoms with Gasteiger partial charge in [-0.3, -0.25) is 0 Å². The summed E-state index contributed by atoms with van der Waals surface area (Å²) in [5.74, 6) is 0. The van der Waals surface area contributed by atoms with Crippen LogP contribution < -0.4 is 0 Å². The molecule has 23 heavy (non-hydrogen) atoms. The van der Waals surface area contributed by atoms with Crippen LogP contribution in [-0.4, -0.2) is 87.7 Å². The van der Waals surface area contributed by atoms with Gasteiger partial charge in [0.1, 0.15) is 0 Å². The molecule has 0 N–H and O–H groups in total. The number of likely N-dealkylation sites (N-methyl/N-ethyl adjacent to an activating group) is 1. The van der Waals surface area contributed by atoms with Gasteiger partial charge in [-0.15, -0.1) is 0 Å². The highest BCUT2D eigenvalue weighted by molar-refractivity contribution is 4.83. The van der Waals surface area contributed by atoms with E-state index >= 15 is 0 Å². The summed E-state index contributed by atoms with van der Waals surface area (Å²) in [5.41, 5.74) is 0. The molecule has 5 nitrogen and oxygen atoms in total. The lowest BCUT2D eigenvalue weighted by Gasteiger charge is -2.41. The van der Waals surface area contributed by atoms with E-state index in [1.54, 1.807) is 0 Å². The SMILES string of the molecule is CN(CCOC[C@@H]1CCCO1)C1CCN(C2CCOCC2)CC1. The summed E-state index contributed by atoms with van der Waals surface area (Å²) in [6.07, 6.45) is 7.73. The monoisotopic (exact) mass is 326 g/mol. The van der Waals surface area contributed by atoms with Crippen molar-refractivity contribution in [1.29, 1.82) is 0 Å². The van der Waals surface area contributed by atoms with E-state index in [4.69, 9.17) is 14.2 Å². The number of likely N-dealkylation sites (tertiary alicyclic amines) is 1. The van der Waals surface area contributed by atoms with E-state index in [1.165, 1.54) is 51.6 Å². The van der Waals surface area contributed by atoms with Gasteiger partial charge in [0.05, 0.1) is 19.3 Å². The summed E-state index contributed by atoms with van der Waals surface area (Å²) in [7, 11) is 2.25. The van der Waals surface area contributed by atoms with Gasteiger partial charge in [-0.05, 0) is 58.7 Å². The molecule has 0 radical (unpaired) electrons. The predicted molar refractivity (Wildman–Crippen MR) is 90.9 cm³/mol. The molecule has 0 amide bonds. The minimum atomic E-state index is 0.350. The van der Waals surface area contributed by atoms with Gasteiger partial charge >= 0.3 is 0 Å². The molecule has 5 heteroatoms. The van der Waals surface area contributed by atoms with E-state index in [9.17, 15) is 0 Å². The Labute approximate surface area is 141 Å². The van der Waals surface area contributed by atoms with Gasteiger partial charge in [0.2, 0.25) is 0 Å². The fraction of sp³-hybridized carbons (Fsp3) is 1.00. The lowest BCUT2D eigenvalue weighted by molar-refractivity contribution is -0.000706. The second-order valence-corrected chi connectivity index (χ2v) is 7.30. The Kier molecular flexibility index (Phi) is 7.14. The first-order valence-corrected chi connectivity index (χ1v) is 9.54. The Bertz CT molecular complexity index is 322. The Morgan fingerprint density at radius 1 is 1.04 bits per heavy atom. The standard InChI is InChI=1S/C18H34N2O3/c1-19(10-14-22-15-18-3-2-11-23-18)16-4-8-20(9-5-16)17-6-12-21-13-7-17/h16-18H,2-15H2,1H3/t18-/m0/s1. The van der Waals surface area contributed by atoms with Gasteiger partial charge in [0, 0.05) is 38.4 Å². The van der Waals surface area contributed by atoms with Crippen LogP contribution in [0.2, 0.25) is 0 Å². The van der Waals surface area contributed by atoms with Crippen molar-refractivity contribution in [3.63, 3.8) is 0 Å². The average Bonchev–Trinajstić information content (AvgIpc) is 3.13. The number of hydrogen-bond acceptors (Lipinski definition) is 5. The molecule has 0 bridgehead atoms. The lowest BCUT2D eigenvalue weighted by atomic mass is 9.99. The van der Waals surface area contributed by atoms with Crippen LogP contribution in [0.1, 0.15) is 38.5 Å². The maximum Gasteiger partial charge on any atom is 0.0809 e. The van der Waals surface area contributed by atoms with Crippen LogP contribution in [0.25, 0.3) is 0 Å². The van der Waals surface area contributed by atoms with E-state index in [1.807, 2.05) is 0 Å². The fourth-order valence-corrected chi connectivity index (χ4v) is 4.12. The molecule has 0 aliphatic carbocycles. The normalized spacial score (nSPS) is 28.7. The molecule has 3 aliphatic heterocycles. The van der Waals surface area contributed by atoms with E-state index in [-0.39, 0.29) is 0 Å². The van der Waals surface area contributed by atoms with E-state index in [0.717, 1.165) is 51.7 Å². The van der Waals surface area contributed by atoms with Crippen LogP contribution in [-0.2, 0) is 14.2 Å². The fourth-order valence-electron chi connectivity index (χ4n) is 4.12. The summed E-state index contributed by atoms with van der Waals surface area (Å²) in [6.45, 7) is 7.95. The number of hydrogen-bond donors (Lipinski definition) is 0. The molecule has 3 fully saturated rings. The molecular weight excluding hydrogens is 292 g/mol. The first-order chi connectivity index (χ1) is 11.3. The summed E-state index contributed by atoms with van der Waals surface area (Å²) in [5, 5.41) is 0. The summed E-state index contributed by atoms with van der Waals surface area (Å²) < 4.78 is 16.9. The number of rotatable bonds is 7. The first-order valence-electron chi connectivity index (χ1n) is 9.54. The second-order valence-electron chi connectivity index (χ2n) is 7.30.